The zero-order valence-corrected chi connectivity index (χ0v) is 24.4. The molecule has 0 aliphatic carbocycles. The number of aliphatic hydroxyl groups excluding tert-OH is 5. The summed E-state index contributed by atoms with van der Waals surface area (Å²) in [5.74, 6) is -1.53. The number of aromatic hydroxyl groups is 3. The number of carbonyl (C=O) groups is 1. The van der Waals surface area contributed by atoms with Crippen molar-refractivity contribution >= 4 is 12.0 Å². The van der Waals surface area contributed by atoms with E-state index in [1.807, 2.05) is 0 Å². The smallest absolute Gasteiger partial charge is 0.331 e. The Morgan fingerprint density at radius 2 is 1.60 bits per heavy atom. The highest BCUT2D eigenvalue weighted by Gasteiger charge is 2.52. The van der Waals surface area contributed by atoms with Gasteiger partial charge in [-0.05, 0) is 54.8 Å². The fourth-order valence-corrected chi connectivity index (χ4v) is 4.91. The van der Waals surface area contributed by atoms with Crippen molar-refractivity contribution in [2.45, 2.75) is 74.8 Å². The van der Waals surface area contributed by atoms with Crippen LogP contribution in [0.2, 0.25) is 0 Å². The molecule has 8 N–H and O–H groups in total. The molecule has 15 heteroatoms. The van der Waals surface area contributed by atoms with Gasteiger partial charge in [0.15, 0.2) is 41.7 Å². The van der Waals surface area contributed by atoms with Gasteiger partial charge in [0.05, 0.1) is 26.4 Å². The number of carbonyl (C=O) groups excluding carboxylic acids is 1. The van der Waals surface area contributed by atoms with Gasteiger partial charge >= 0.3 is 5.97 Å². The van der Waals surface area contributed by atoms with Crippen molar-refractivity contribution in [3.63, 3.8) is 0 Å². The Morgan fingerprint density at radius 1 is 0.867 bits per heavy atom. The summed E-state index contributed by atoms with van der Waals surface area (Å²) in [5.41, 5.74) is 1.07. The van der Waals surface area contributed by atoms with Crippen LogP contribution in [0.1, 0.15) is 18.1 Å². The predicted octanol–water partition coefficient (Wildman–Crippen LogP) is -0.713. The summed E-state index contributed by atoms with van der Waals surface area (Å²) in [4.78, 5) is 12.8. The van der Waals surface area contributed by atoms with Crippen LogP contribution in [0.15, 0.2) is 42.5 Å². The summed E-state index contributed by atoms with van der Waals surface area (Å²) in [6.45, 7) is 0.694. The second-order valence-corrected chi connectivity index (χ2v) is 10.6. The van der Waals surface area contributed by atoms with Crippen LogP contribution < -0.4 is 4.74 Å². The molecule has 2 aromatic carbocycles. The molecule has 248 valence electrons. The Kier molecular flexibility index (Phi) is 11.6. The van der Waals surface area contributed by atoms with Gasteiger partial charge in [0.1, 0.15) is 36.6 Å². The molecule has 0 bridgehead atoms. The lowest BCUT2D eigenvalue weighted by molar-refractivity contribution is -0.357. The molecule has 15 nitrogen and oxygen atoms in total. The van der Waals surface area contributed by atoms with Gasteiger partial charge in [-0.3, -0.25) is 0 Å². The van der Waals surface area contributed by atoms with E-state index < -0.39 is 79.7 Å². The van der Waals surface area contributed by atoms with Gasteiger partial charge in [-0.2, -0.15) is 0 Å². The zero-order chi connectivity index (χ0) is 32.8. The quantitative estimate of drug-likeness (QED) is 0.0862. The minimum absolute atomic E-state index is 0.0162. The fourth-order valence-electron chi connectivity index (χ4n) is 4.91. The largest absolute Gasteiger partial charge is 0.504 e. The number of phenolic OH excluding ortho intramolecular Hbond substituents is 3. The van der Waals surface area contributed by atoms with Crippen molar-refractivity contribution in [3.05, 3.63) is 53.6 Å². The Bertz CT molecular complexity index is 1320. The number of rotatable bonds is 11. The lowest BCUT2D eigenvalue weighted by Crippen LogP contribution is -2.65. The second-order valence-electron chi connectivity index (χ2n) is 10.6. The van der Waals surface area contributed by atoms with E-state index in [0.717, 1.165) is 11.6 Å². The van der Waals surface area contributed by atoms with Crippen LogP contribution in [-0.2, 0) is 34.9 Å². The van der Waals surface area contributed by atoms with Crippen molar-refractivity contribution in [1.82, 2.24) is 0 Å². The fraction of sp³-hybridized carbons (Fsp3) is 0.500. The van der Waals surface area contributed by atoms with Crippen molar-refractivity contribution in [2.24, 2.45) is 0 Å². The molecule has 2 saturated heterocycles. The first-order chi connectivity index (χ1) is 21.4. The highest BCUT2D eigenvalue weighted by molar-refractivity contribution is 5.87. The SMILES string of the molecule is COc1cc(CCO[C@@H]2O[C@H](CO)[C@@H](OC(=O)C=Cc3ccc(O)c(O)c3)[C@H](O[C@H]3O[C@@H](C)[C@H](O)[C@@H](O)[C@H]3O)[C@H]2O)ccc1O. The number of aliphatic hydroxyl groups is 5. The van der Waals surface area contributed by atoms with Gasteiger partial charge in [-0.25, -0.2) is 4.79 Å². The van der Waals surface area contributed by atoms with E-state index in [1.165, 1.54) is 44.4 Å². The summed E-state index contributed by atoms with van der Waals surface area (Å²) in [6.07, 6.45) is -12.3. The standard InChI is InChI=1S/C30H38O15/c1-14-23(36)24(37)25(38)30(42-14)45-28-26(39)29(41-10-9-16-4-7-18(33)20(12-16)40-2)43-21(13-31)27(28)44-22(35)8-5-15-3-6-17(32)19(34)11-15/h3-8,11-12,14,21,23-34,36-39H,9-10,13H2,1-2H3/t14-,21+,23-,24+,25+,26+,27+,28+,29+,30+/m0/s1. The monoisotopic (exact) mass is 638 g/mol. The molecule has 0 saturated carbocycles. The predicted molar refractivity (Wildman–Crippen MR) is 152 cm³/mol. The average molecular weight is 639 g/mol. The zero-order valence-electron chi connectivity index (χ0n) is 24.4. The normalized spacial score (nSPS) is 32.0. The van der Waals surface area contributed by atoms with E-state index >= 15 is 0 Å². The maximum atomic E-state index is 12.8. The topological polar surface area (TPSA) is 234 Å². The maximum absolute atomic E-state index is 12.8. The first kappa shape index (κ1) is 34.4. The number of esters is 1. The van der Waals surface area contributed by atoms with E-state index in [2.05, 4.69) is 0 Å². The Morgan fingerprint density at radius 3 is 2.29 bits per heavy atom. The molecular weight excluding hydrogens is 600 g/mol. The molecule has 0 amide bonds. The molecular formula is C30H38O15. The number of hydrogen-bond acceptors (Lipinski definition) is 15. The van der Waals surface area contributed by atoms with Crippen molar-refractivity contribution < 1.29 is 74.1 Å². The number of phenols is 3. The summed E-state index contributed by atoms with van der Waals surface area (Å²) >= 11 is 0. The lowest BCUT2D eigenvalue weighted by atomic mass is 9.97. The molecule has 45 heavy (non-hydrogen) atoms. The van der Waals surface area contributed by atoms with E-state index in [1.54, 1.807) is 12.1 Å². The summed E-state index contributed by atoms with van der Waals surface area (Å²) in [5, 5.41) is 81.3. The van der Waals surface area contributed by atoms with Crippen LogP contribution in [-0.4, -0.2) is 129 Å². The molecule has 2 aromatic rings. The molecule has 10 atom stereocenters. The lowest BCUT2D eigenvalue weighted by Gasteiger charge is -2.46. The van der Waals surface area contributed by atoms with Gasteiger partial charge in [-0.1, -0.05) is 12.1 Å². The van der Waals surface area contributed by atoms with E-state index in [-0.39, 0.29) is 23.9 Å². The third-order valence-corrected chi connectivity index (χ3v) is 7.47. The summed E-state index contributed by atoms with van der Waals surface area (Å²) in [7, 11) is 1.40. The first-order valence-corrected chi connectivity index (χ1v) is 14.1. The second kappa shape index (κ2) is 15.2. The molecule has 2 aliphatic heterocycles. The highest BCUT2D eigenvalue weighted by Crippen LogP contribution is 2.32. The minimum Gasteiger partial charge on any atom is -0.504 e. The van der Waals surface area contributed by atoms with E-state index in [4.69, 9.17) is 28.4 Å². The van der Waals surface area contributed by atoms with Gasteiger partial charge in [0.25, 0.3) is 0 Å². The van der Waals surface area contributed by atoms with Gasteiger partial charge in [0.2, 0.25) is 0 Å². The number of methoxy groups -OCH3 is 1. The third kappa shape index (κ3) is 8.21. The highest BCUT2D eigenvalue weighted by atomic mass is 16.7. The van der Waals surface area contributed by atoms with Gasteiger partial charge in [-0.15, -0.1) is 0 Å². The maximum Gasteiger partial charge on any atom is 0.331 e. The van der Waals surface area contributed by atoms with Crippen molar-refractivity contribution in [3.8, 4) is 23.0 Å². The van der Waals surface area contributed by atoms with Crippen molar-refractivity contribution in [2.75, 3.05) is 20.3 Å². The minimum atomic E-state index is -1.76. The molecule has 2 aliphatic rings. The van der Waals surface area contributed by atoms with E-state index in [0.29, 0.717) is 12.0 Å². The van der Waals surface area contributed by atoms with Crippen LogP contribution in [0.25, 0.3) is 6.08 Å². The van der Waals surface area contributed by atoms with Crippen LogP contribution in [0.3, 0.4) is 0 Å². The Hall–Kier alpha value is -3.51. The molecule has 2 fully saturated rings. The number of benzene rings is 2. The number of hydrogen-bond donors (Lipinski definition) is 8. The molecule has 0 radical (unpaired) electrons. The van der Waals surface area contributed by atoms with Gasteiger partial charge in [0, 0.05) is 6.08 Å². The van der Waals surface area contributed by atoms with Crippen LogP contribution in [0, 0.1) is 0 Å². The summed E-state index contributed by atoms with van der Waals surface area (Å²) in [6, 6.07) is 8.54. The van der Waals surface area contributed by atoms with Crippen molar-refractivity contribution in [1.29, 1.82) is 0 Å². The van der Waals surface area contributed by atoms with Crippen LogP contribution >= 0.6 is 0 Å². The Labute approximate surface area is 258 Å². The Balaban J connectivity index is 1.52. The van der Waals surface area contributed by atoms with Crippen LogP contribution in [0.5, 0.6) is 23.0 Å². The van der Waals surface area contributed by atoms with E-state index in [9.17, 15) is 45.6 Å². The van der Waals surface area contributed by atoms with Gasteiger partial charge < -0.3 is 69.3 Å². The van der Waals surface area contributed by atoms with Crippen LogP contribution in [0.4, 0.5) is 0 Å². The third-order valence-electron chi connectivity index (χ3n) is 7.47. The average Bonchev–Trinajstić information content (AvgIpc) is 3.02. The summed E-state index contributed by atoms with van der Waals surface area (Å²) < 4.78 is 33.5. The molecule has 0 unspecified atom stereocenters. The molecule has 2 heterocycles. The molecule has 0 aromatic heterocycles. The molecule has 0 spiro atoms. The first-order valence-electron chi connectivity index (χ1n) is 14.1. The number of ether oxygens (including phenoxy) is 6. The molecule has 4 rings (SSSR count).